The summed E-state index contributed by atoms with van der Waals surface area (Å²) in [5.41, 5.74) is -0.382. The Bertz CT molecular complexity index is 344. The first-order valence-electron chi connectivity index (χ1n) is 8.06. The second-order valence-electron chi connectivity index (χ2n) is 7.14. The monoisotopic (exact) mass is 297 g/mol. The van der Waals surface area contributed by atoms with Crippen molar-refractivity contribution in [3.63, 3.8) is 0 Å². The van der Waals surface area contributed by atoms with Crippen molar-refractivity contribution < 1.29 is 9.59 Å². The largest absolute Gasteiger partial charge is 0.354 e. The van der Waals surface area contributed by atoms with E-state index in [1.807, 2.05) is 20.8 Å². The molecular weight excluding hydrogens is 266 g/mol. The molecule has 1 rings (SSSR count). The Hall–Kier alpha value is -1.10. The molecule has 5 heteroatoms. The van der Waals surface area contributed by atoms with E-state index in [1.54, 1.807) is 0 Å². The van der Waals surface area contributed by atoms with Crippen molar-refractivity contribution in [1.29, 1.82) is 0 Å². The molecular formula is C16H31N3O2. The Morgan fingerprint density at radius 1 is 1.24 bits per heavy atom. The van der Waals surface area contributed by atoms with Gasteiger partial charge in [-0.3, -0.25) is 9.59 Å². The quantitative estimate of drug-likeness (QED) is 0.647. The molecule has 0 spiro atoms. The normalized spacial score (nSPS) is 20.7. The van der Waals surface area contributed by atoms with Crippen molar-refractivity contribution in [3.8, 4) is 0 Å². The van der Waals surface area contributed by atoms with Crippen molar-refractivity contribution in [2.75, 3.05) is 26.2 Å². The lowest BCUT2D eigenvalue weighted by Gasteiger charge is -2.28. The van der Waals surface area contributed by atoms with E-state index in [2.05, 4.69) is 22.9 Å². The van der Waals surface area contributed by atoms with Crippen LogP contribution in [0.15, 0.2) is 0 Å². The predicted molar refractivity (Wildman–Crippen MR) is 84.8 cm³/mol. The standard InChI is InChI=1S/C16H31N3O2/c1-12(13-6-5-7-17-11-13)10-14(20)18-8-9-19-15(21)16(2,3)4/h12-13,17H,5-11H2,1-4H3,(H,18,20)(H,19,21). The van der Waals surface area contributed by atoms with Gasteiger partial charge in [-0.15, -0.1) is 0 Å². The maximum Gasteiger partial charge on any atom is 0.225 e. The van der Waals surface area contributed by atoms with Crippen LogP contribution in [0, 0.1) is 17.3 Å². The van der Waals surface area contributed by atoms with Crippen LogP contribution >= 0.6 is 0 Å². The van der Waals surface area contributed by atoms with E-state index in [9.17, 15) is 9.59 Å². The van der Waals surface area contributed by atoms with Gasteiger partial charge in [-0.05, 0) is 37.8 Å². The Morgan fingerprint density at radius 2 is 1.90 bits per heavy atom. The molecule has 21 heavy (non-hydrogen) atoms. The molecule has 5 nitrogen and oxygen atoms in total. The van der Waals surface area contributed by atoms with E-state index in [4.69, 9.17) is 0 Å². The van der Waals surface area contributed by atoms with Gasteiger partial charge in [-0.2, -0.15) is 0 Å². The molecule has 1 aliphatic rings. The Labute approximate surface area is 128 Å². The molecule has 0 aromatic heterocycles. The van der Waals surface area contributed by atoms with Crippen LogP contribution in [-0.4, -0.2) is 38.0 Å². The maximum absolute atomic E-state index is 11.9. The van der Waals surface area contributed by atoms with Crippen LogP contribution in [-0.2, 0) is 9.59 Å². The molecule has 0 aromatic carbocycles. The molecule has 2 amide bonds. The Balaban J connectivity index is 2.15. The van der Waals surface area contributed by atoms with Gasteiger partial charge in [-0.1, -0.05) is 27.7 Å². The summed E-state index contributed by atoms with van der Waals surface area (Å²) in [6, 6.07) is 0. The Kier molecular flexibility index (Phi) is 7.15. The smallest absolute Gasteiger partial charge is 0.225 e. The van der Waals surface area contributed by atoms with E-state index in [0.29, 0.717) is 31.3 Å². The van der Waals surface area contributed by atoms with E-state index >= 15 is 0 Å². The fourth-order valence-electron chi connectivity index (χ4n) is 2.54. The fourth-order valence-corrected chi connectivity index (χ4v) is 2.54. The molecule has 1 aliphatic heterocycles. The SMILES string of the molecule is CC(CC(=O)NCCNC(=O)C(C)(C)C)C1CCCNC1. The number of hydrogen-bond donors (Lipinski definition) is 3. The number of rotatable bonds is 6. The number of carbonyl (C=O) groups excluding carboxylic acids is 2. The van der Waals surface area contributed by atoms with Crippen molar-refractivity contribution in [1.82, 2.24) is 16.0 Å². The molecule has 0 aliphatic carbocycles. The molecule has 0 saturated carbocycles. The van der Waals surface area contributed by atoms with Crippen LogP contribution in [0.5, 0.6) is 0 Å². The summed E-state index contributed by atoms with van der Waals surface area (Å²) in [4.78, 5) is 23.6. The molecule has 2 atom stereocenters. The fraction of sp³-hybridized carbons (Fsp3) is 0.875. The maximum atomic E-state index is 11.9. The summed E-state index contributed by atoms with van der Waals surface area (Å²) < 4.78 is 0. The van der Waals surface area contributed by atoms with Gasteiger partial charge in [-0.25, -0.2) is 0 Å². The molecule has 3 N–H and O–H groups in total. The third-order valence-corrected chi connectivity index (χ3v) is 4.06. The van der Waals surface area contributed by atoms with Gasteiger partial charge < -0.3 is 16.0 Å². The highest BCUT2D eigenvalue weighted by molar-refractivity contribution is 5.81. The summed E-state index contributed by atoms with van der Waals surface area (Å²) in [6.07, 6.45) is 2.98. The molecule has 1 fully saturated rings. The number of carbonyl (C=O) groups is 2. The molecule has 2 unspecified atom stereocenters. The van der Waals surface area contributed by atoms with Crippen LogP contribution in [0.4, 0.5) is 0 Å². The molecule has 1 heterocycles. The van der Waals surface area contributed by atoms with Crippen molar-refractivity contribution in [3.05, 3.63) is 0 Å². The van der Waals surface area contributed by atoms with Crippen LogP contribution in [0.2, 0.25) is 0 Å². The lowest BCUT2D eigenvalue weighted by atomic mass is 9.85. The van der Waals surface area contributed by atoms with Gasteiger partial charge >= 0.3 is 0 Å². The van der Waals surface area contributed by atoms with Crippen LogP contribution < -0.4 is 16.0 Å². The highest BCUT2D eigenvalue weighted by Gasteiger charge is 2.22. The second kappa shape index (κ2) is 8.37. The van der Waals surface area contributed by atoms with Gasteiger partial charge in [0.25, 0.3) is 0 Å². The number of piperidine rings is 1. The molecule has 122 valence electrons. The zero-order valence-electron chi connectivity index (χ0n) is 13.9. The summed E-state index contributed by atoms with van der Waals surface area (Å²) in [6.45, 7) is 10.9. The van der Waals surface area contributed by atoms with Crippen LogP contribution in [0.3, 0.4) is 0 Å². The van der Waals surface area contributed by atoms with E-state index in [-0.39, 0.29) is 17.2 Å². The summed E-state index contributed by atoms with van der Waals surface area (Å²) >= 11 is 0. The summed E-state index contributed by atoms with van der Waals surface area (Å²) in [7, 11) is 0. The zero-order valence-corrected chi connectivity index (χ0v) is 13.9. The van der Waals surface area contributed by atoms with Crippen molar-refractivity contribution >= 4 is 11.8 Å². The minimum atomic E-state index is -0.382. The van der Waals surface area contributed by atoms with Gasteiger partial charge in [0.15, 0.2) is 0 Å². The molecule has 0 radical (unpaired) electrons. The number of hydrogen-bond acceptors (Lipinski definition) is 3. The average Bonchev–Trinajstić information content (AvgIpc) is 2.43. The highest BCUT2D eigenvalue weighted by atomic mass is 16.2. The molecule has 0 bridgehead atoms. The molecule has 1 saturated heterocycles. The van der Waals surface area contributed by atoms with Crippen LogP contribution in [0.1, 0.15) is 47.0 Å². The Morgan fingerprint density at radius 3 is 2.48 bits per heavy atom. The van der Waals surface area contributed by atoms with Gasteiger partial charge in [0, 0.05) is 24.9 Å². The van der Waals surface area contributed by atoms with Gasteiger partial charge in [0.2, 0.25) is 11.8 Å². The third-order valence-electron chi connectivity index (χ3n) is 4.06. The van der Waals surface area contributed by atoms with Crippen molar-refractivity contribution in [2.45, 2.75) is 47.0 Å². The van der Waals surface area contributed by atoms with E-state index in [0.717, 1.165) is 13.1 Å². The minimum absolute atomic E-state index is 0.0124. The first kappa shape index (κ1) is 18.0. The third kappa shape index (κ3) is 6.93. The number of amides is 2. The lowest BCUT2D eigenvalue weighted by molar-refractivity contribution is -0.128. The first-order chi connectivity index (χ1) is 9.80. The lowest BCUT2D eigenvalue weighted by Crippen LogP contribution is -2.40. The van der Waals surface area contributed by atoms with Crippen LogP contribution in [0.25, 0.3) is 0 Å². The topological polar surface area (TPSA) is 70.2 Å². The van der Waals surface area contributed by atoms with Gasteiger partial charge in [0.1, 0.15) is 0 Å². The summed E-state index contributed by atoms with van der Waals surface area (Å²) in [5.74, 6) is 1.10. The van der Waals surface area contributed by atoms with E-state index in [1.165, 1.54) is 12.8 Å². The van der Waals surface area contributed by atoms with Crippen molar-refractivity contribution in [2.24, 2.45) is 17.3 Å². The molecule has 0 aromatic rings. The minimum Gasteiger partial charge on any atom is -0.354 e. The predicted octanol–water partition coefficient (Wildman–Crippen LogP) is 1.29. The summed E-state index contributed by atoms with van der Waals surface area (Å²) in [5, 5.41) is 9.11. The second-order valence-corrected chi connectivity index (χ2v) is 7.14. The first-order valence-corrected chi connectivity index (χ1v) is 8.06. The zero-order chi connectivity index (χ0) is 15.9. The average molecular weight is 297 g/mol. The number of nitrogens with one attached hydrogen (secondary N) is 3. The van der Waals surface area contributed by atoms with Gasteiger partial charge in [0.05, 0.1) is 0 Å². The van der Waals surface area contributed by atoms with E-state index < -0.39 is 0 Å². The highest BCUT2D eigenvalue weighted by Crippen LogP contribution is 2.22.